The van der Waals surface area contributed by atoms with Gasteiger partial charge in [0.1, 0.15) is 5.82 Å². The summed E-state index contributed by atoms with van der Waals surface area (Å²) in [5.74, 6) is -0.998. The van der Waals surface area contributed by atoms with Gasteiger partial charge in [0.05, 0.1) is 17.9 Å². The number of esters is 1. The Morgan fingerprint density at radius 1 is 1.39 bits per heavy atom. The predicted octanol–water partition coefficient (Wildman–Crippen LogP) is 2.62. The lowest BCUT2D eigenvalue weighted by Gasteiger charge is -2.14. The Balaban J connectivity index is 2.19. The molecule has 2 heterocycles. The number of hydrogen-bond acceptors (Lipinski definition) is 3. The van der Waals surface area contributed by atoms with Crippen molar-refractivity contribution in [2.45, 2.75) is 20.3 Å². The number of aromatic amines is 1. The number of ether oxygens (including phenoxy) is 1. The van der Waals surface area contributed by atoms with Crippen LogP contribution in [-0.4, -0.2) is 34.9 Å². The molecule has 3 rings (SSSR count). The van der Waals surface area contributed by atoms with Gasteiger partial charge in [-0.25, -0.2) is 9.18 Å². The Bertz CT molecular complexity index is 823. The Morgan fingerprint density at radius 3 is 2.87 bits per heavy atom. The SMILES string of the molecule is CCOC(=O)C1=CN(C(C)=O)CCc2c1[nH]c1cc(F)ccc21. The van der Waals surface area contributed by atoms with Crippen LogP contribution in [0, 0.1) is 5.82 Å². The molecule has 0 fully saturated rings. The molecule has 0 saturated carbocycles. The molecule has 1 aliphatic heterocycles. The number of H-pyrrole nitrogens is 1. The number of halogens is 1. The van der Waals surface area contributed by atoms with Gasteiger partial charge in [0.25, 0.3) is 0 Å². The number of carbonyl (C=O) groups is 2. The number of aromatic nitrogens is 1. The number of carbonyl (C=O) groups excluding carboxylic acids is 2. The van der Waals surface area contributed by atoms with Crippen molar-refractivity contribution in [2.75, 3.05) is 13.2 Å². The van der Waals surface area contributed by atoms with E-state index in [2.05, 4.69) is 4.98 Å². The summed E-state index contributed by atoms with van der Waals surface area (Å²) in [6.45, 7) is 3.86. The third-order valence-electron chi connectivity index (χ3n) is 3.92. The van der Waals surface area contributed by atoms with Gasteiger partial charge in [0, 0.05) is 30.6 Å². The molecule has 23 heavy (non-hydrogen) atoms. The molecule has 0 atom stereocenters. The molecule has 1 aliphatic rings. The summed E-state index contributed by atoms with van der Waals surface area (Å²) < 4.78 is 18.5. The van der Waals surface area contributed by atoms with Crippen LogP contribution in [0.15, 0.2) is 24.4 Å². The molecule has 1 N–H and O–H groups in total. The van der Waals surface area contributed by atoms with E-state index in [0.717, 1.165) is 10.9 Å². The van der Waals surface area contributed by atoms with E-state index in [4.69, 9.17) is 4.74 Å². The maximum absolute atomic E-state index is 13.4. The van der Waals surface area contributed by atoms with Crippen molar-refractivity contribution in [1.29, 1.82) is 0 Å². The van der Waals surface area contributed by atoms with Crippen molar-refractivity contribution in [3.8, 4) is 0 Å². The van der Waals surface area contributed by atoms with Gasteiger partial charge in [-0.05, 0) is 37.1 Å². The summed E-state index contributed by atoms with van der Waals surface area (Å²) in [5.41, 5.74) is 2.39. The Hall–Kier alpha value is -2.63. The van der Waals surface area contributed by atoms with E-state index in [-0.39, 0.29) is 23.9 Å². The second kappa shape index (κ2) is 5.87. The fraction of sp³-hybridized carbons (Fsp3) is 0.294. The number of hydrogen-bond donors (Lipinski definition) is 1. The van der Waals surface area contributed by atoms with Crippen LogP contribution in [0.3, 0.4) is 0 Å². The predicted molar refractivity (Wildman–Crippen MR) is 84.0 cm³/mol. The van der Waals surface area contributed by atoms with Crippen molar-refractivity contribution in [1.82, 2.24) is 9.88 Å². The van der Waals surface area contributed by atoms with Gasteiger partial charge in [-0.3, -0.25) is 4.79 Å². The monoisotopic (exact) mass is 316 g/mol. The van der Waals surface area contributed by atoms with Crippen LogP contribution in [0.1, 0.15) is 25.1 Å². The molecule has 0 unspecified atom stereocenters. The fourth-order valence-corrected chi connectivity index (χ4v) is 2.85. The van der Waals surface area contributed by atoms with E-state index in [1.165, 1.54) is 30.2 Å². The minimum atomic E-state index is -0.506. The molecule has 1 aromatic heterocycles. The van der Waals surface area contributed by atoms with Crippen LogP contribution in [0.2, 0.25) is 0 Å². The summed E-state index contributed by atoms with van der Waals surface area (Å²) >= 11 is 0. The highest BCUT2D eigenvalue weighted by molar-refractivity contribution is 6.18. The normalized spacial score (nSPS) is 14.2. The van der Waals surface area contributed by atoms with Gasteiger partial charge in [-0.2, -0.15) is 0 Å². The number of nitrogens with zero attached hydrogens (tertiary/aromatic N) is 1. The van der Waals surface area contributed by atoms with Crippen molar-refractivity contribution < 1.29 is 18.7 Å². The van der Waals surface area contributed by atoms with E-state index < -0.39 is 5.97 Å². The molecule has 0 spiro atoms. The second-order valence-electron chi connectivity index (χ2n) is 5.39. The summed E-state index contributed by atoms with van der Waals surface area (Å²) in [7, 11) is 0. The van der Waals surface area contributed by atoms with Gasteiger partial charge in [-0.1, -0.05) is 0 Å². The maximum atomic E-state index is 13.4. The van der Waals surface area contributed by atoms with Gasteiger partial charge in [-0.15, -0.1) is 0 Å². The van der Waals surface area contributed by atoms with Crippen LogP contribution in [0.25, 0.3) is 16.5 Å². The van der Waals surface area contributed by atoms with Crippen LogP contribution >= 0.6 is 0 Å². The molecule has 0 bridgehead atoms. The average Bonchev–Trinajstić information content (AvgIpc) is 2.73. The summed E-state index contributed by atoms with van der Waals surface area (Å²) in [6, 6.07) is 4.47. The van der Waals surface area contributed by atoms with Crippen molar-refractivity contribution in [2.24, 2.45) is 0 Å². The number of amides is 1. The zero-order valence-electron chi connectivity index (χ0n) is 13.0. The van der Waals surface area contributed by atoms with Crippen LogP contribution in [0.4, 0.5) is 4.39 Å². The molecule has 2 aromatic rings. The molecular weight excluding hydrogens is 299 g/mol. The molecule has 5 nitrogen and oxygen atoms in total. The molecule has 1 amide bonds. The third kappa shape index (κ3) is 2.72. The minimum absolute atomic E-state index is 0.146. The van der Waals surface area contributed by atoms with E-state index >= 15 is 0 Å². The van der Waals surface area contributed by atoms with E-state index in [9.17, 15) is 14.0 Å². The van der Waals surface area contributed by atoms with Crippen LogP contribution in [-0.2, 0) is 20.7 Å². The molecule has 6 heteroatoms. The first-order valence-electron chi connectivity index (χ1n) is 7.48. The topological polar surface area (TPSA) is 62.4 Å². The van der Waals surface area contributed by atoms with Gasteiger partial charge in [0.2, 0.25) is 5.91 Å². The first-order chi connectivity index (χ1) is 11.0. The smallest absolute Gasteiger partial charge is 0.341 e. The quantitative estimate of drug-likeness (QED) is 0.866. The first-order valence-corrected chi connectivity index (χ1v) is 7.48. The maximum Gasteiger partial charge on any atom is 0.341 e. The Labute approximate surface area is 132 Å². The second-order valence-corrected chi connectivity index (χ2v) is 5.39. The molecule has 0 radical (unpaired) electrons. The fourth-order valence-electron chi connectivity index (χ4n) is 2.85. The van der Waals surface area contributed by atoms with Gasteiger partial charge >= 0.3 is 5.97 Å². The molecule has 0 saturated heterocycles. The Morgan fingerprint density at radius 2 is 2.17 bits per heavy atom. The lowest BCUT2D eigenvalue weighted by atomic mass is 10.0. The molecular formula is C17H17FN2O3. The number of rotatable bonds is 2. The van der Waals surface area contributed by atoms with Crippen molar-refractivity contribution >= 4 is 28.4 Å². The zero-order chi connectivity index (χ0) is 16.6. The Kier molecular flexibility index (Phi) is 3.90. The summed E-state index contributed by atoms with van der Waals surface area (Å²) in [5, 5.41) is 0.849. The highest BCUT2D eigenvalue weighted by Gasteiger charge is 2.26. The third-order valence-corrected chi connectivity index (χ3v) is 3.92. The first kappa shape index (κ1) is 15.3. The van der Waals surface area contributed by atoms with Gasteiger partial charge in [0.15, 0.2) is 0 Å². The van der Waals surface area contributed by atoms with Crippen molar-refractivity contribution in [3.05, 3.63) is 41.5 Å². The number of nitrogens with one attached hydrogen (secondary N) is 1. The van der Waals surface area contributed by atoms with E-state index in [1.54, 1.807) is 13.0 Å². The number of fused-ring (bicyclic) bond motifs is 3. The van der Waals surface area contributed by atoms with E-state index in [0.29, 0.717) is 24.2 Å². The molecule has 1 aromatic carbocycles. The lowest BCUT2D eigenvalue weighted by molar-refractivity contribution is -0.136. The minimum Gasteiger partial charge on any atom is -0.462 e. The van der Waals surface area contributed by atoms with Crippen LogP contribution < -0.4 is 0 Å². The van der Waals surface area contributed by atoms with Crippen LogP contribution in [0.5, 0.6) is 0 Å². The highest BCUT2D eigenvalue weighted by atomic mass is 19.1. The van der Waals surface area contributed by atoms with Crippen molar-refractivity contribution in [3.63, 3.8) is 0 Å². The average molecular weight is 316 g/mol. The van der Waals surface area contributed by atoms with Gasteiger partial charge < -0.3 is 14.6 Å². The molecule has 120 valence electrons. The van der Waals surface area contributed by atoms with E-state index in [1.807, 2.05) is 0 Å². The lowest BCUT2D eigenvalue weighted by Crippen LogP contribution is -2.25. The summed E-state index contributed by atoms with van der Waals surface area (Å²) in [6.07, 6.45) is 2.08. The summed E-state index contributed by atoms with van der Waals surface area (Å²) in [4.78, 5) is 28.6. The number of benzene rings is 1. The molecule has 0 aliphatic carbocycles. The highest BCUT2D eigenvalue weighted by Crippen LogP contribution is 2.31. The zero-order valence-corrected chi connectivity index (χ0v) is 13.0. The largest absolute Gasteiger partial charge is 0.462 e. The standard InChI is InChI=1S/C17H17FN2O3/c1-3-23-17(22)14-9-20(10(2)21)7-6-13-12-5-4-11(18)8-15(12)19-16(13)14/h4-5,8-9,19H,3,6-7H2,1-2H3.